The van der Waals surface area contributed by atoms with Crippen molar-refractivity contribution in [2.45, 2.75) is 19.8 Å². The summed E-state index contributed by atoms with van der Waals surface area (Å²) in [6.07, 6.45) is 1.79. The summed E-state index contributed by atoms with van der Waals surface area (Å²) in [4.78, 5) is 11.9. The first-order valence-corrected chi connectivity index (χ1v) is 5.97. The minimum Gasteiger partial charge on any atom is -0.305 e. The first kappa shape index (κ1) is 12.4. The van der Waals surface area contributed by atoms with Crippen LogP contribution in [0.4, 0.5) is 5.82 Å². The molecule has 0 fully saturated rings. The number of aryl methyl sites for hydroxylation is 1. The first-order chi connectivity index (χ1) is 8.56. The van der Waals surface area contributed by atoms with Crippen LogP contribution in [0.5, 0.6) is 0 Å². The van der Waals surface area contributed by atoms with E-state index in [2.05, 4.69) is 24.3 Å². The molecule has 1 amide bonds. The number of nitrogens with zero attached hydrogens (tertiary/aromatic N) is 2. The van der Waals surface area contributed by atoms with Crippen LogP contribution in [0.3, 0.4) is 0 Å². The Hall–Kier alpha value is -2.10. The van der Waals surface area contributed by atoms with Crippen molar-refractivity contribution in [1.82, 2.24) is 9.78 Å². The summed E-state index contributed by atoms with van der Waals surface area (Å²) >= 11 is 0. The smallest absolute Gasteiger partial charge is 0.256 e. The Morgan fingerprint density at radius 3 is 2.39 bits per heavy atom. The highest BCUT2D eigenvalue weighted by Crippen LogP contribution is 2.15. The van der Waals surface area contributed by atoms with Gasteiger partial charge in [0.25, 0.3) is 5.91 Å². The van der Waals surface area contributed by atoms with Gasteiger partial charge in [0.15, 0.2) is 5.82 Å². The van der Waals surface area contributed by atoms with Gasteiger partial charge in [0, 0.05) is 24.9 Å². The van der Waals surface area contributed by atoms with Gasteiger partial charge in [-0.15, -0.1) is 0 Å². The van der Waals surface area contributed by atoms with E-state index >= 15 is 0 Å². The molecule has 0 spiro atoms. The molecule has 1 aromatic carbocycles. The summed E-state index contributed by atoms with van der Waals surface area (Å²) in [6.45, 7) is 4.26. The number of aromatic nitrogens is 2. The predicted octanol–water partition coefficient (Wildman–Crippen LogP) is 2.80. The van der Waals surface area contributed by atoms with E-state index in [1.807, 2.05) is 31.3 Å². The fraction of sp³-hybridized carbons (Fsp3) is 0.286. The largest absolute Gasteiger partial charge is 0.305 e. The van der Waals surface area contributed by atoms with Gasteiger partial charge in [-0.05, 0) is 23.6 Å². The monoisotopic (exact) mass is 243 g/mol. The molecule has 2 rings (SSSR count). The highest BCUT2D eigenvalue weighted by Gasteiger charge is 2.08. The quantitative estimate of drug-likeness (QED) is 0.901. The second-order valence-corrected chi connectivity index (χ2v) is 4.61. The number of carbonyl (C=O) groups is 1. The lowest BCUT2D eigenvalue weighted by Gasteiger charge is -2.06. The summed E-state index contributed by atoms with van der Waals surface area (Å²) in [7, 11) is 1.81. The molecule has 0 saturated carbocycles. The minimum absolute atomic E-state index is 0.135. The molecule has 0 unspecified atom stereocenters. The standard InChI is InChI=1S/C14H17N3O/c1-10(2)11-4-6-12(7-5-11)14(18)15-13-8-9-17(3)16-13/h4-10H,1-3H3,(H,15,16,18). The fourth-order valence-corrected chi connectivity index (χ4v) is 1.69. The number of benzene rings is 1. The van der Waals surface area contributed by atoms with Gasteiger partial charge in [0.2, 0.25) is 0 Å². The number of nitrogens with one attached hydrogen (secondary N) is 1. The zero-order chi connectivity index (χ0) is 13.1. The molecule has 4 heteroatoms. The van der Waals surface area contributed by atoms with Crippen molar-refractivity contribution >= 4 is 11.7 Å². The van der Waals surface area contributed by atoms with Crippen LogP contribution in [0.15, 0.2) is 36.5 Å². The third-order valence-electron chi connectivity index (χ3n) is 2.79. The second kappa shape index (κ2) is 5.04. The molecule has 2 aromatic rings. The molecule has 0 saturated heterocycles. The van der Waals surface area contributed by atoms with E-state index < -0.39 is 0 Å². The number of carbonyl (C=O) groups excluding carboxylic acids is 1. The van der Waals surface area contributed by atoms with E-state index in [1.54, 1.807) is 16.9 Å². The SMILES string of the molecule is CC(C)c1ccc(C(=O)Nc2ccn(C)n2)cc1. The molecular formula is C14H17N3O. The van der Waals surface area contributed by atoms with Gasteiger partial charge in [-0.2, -0.15) is 5.10 Å². The summed E-state index contributed by atoms with van der Waals surface area (Å²) < 4.78 is 1.65. The molecule has 0 bridgehead atoms. The van der Waals surface area contributed by atoms with E-state index in [-0.39, 0.29) is 5.91 Å². The molecule has 94 valence electrons. The van der Waals surface area contributed by atoms with Crippen molar-refractivity contribution in [3.05, 3.63) is 47.7 Å². The predicted molar refractivity (Wildman–Crippen MR) is 71.7 cm³/mol. The highest BCUT2D eigenvalue weighted by atomic mass is 16.1. The van der Waals surface area contributed by atoms with Crippen LogP contribution < -0.4 is 5.32 Å². The van der Waals surface area contributed by atoms with E-state index in [9.17, 15) is 4.79 Å². The Labute approximate surface area is 107 Å². The number of anilines is 1. The summed E-state index contributed by atoms with van der Waals surface area (Å²) in [5.74, 6) is 0.900. The fourth-order valence-electron chi connectivity index (χ4n) is 1.69. The van der Waals surface area contributed by atoms with E-state index in [4.69, 9.17) is 0 Å². The van der Waals surface area contributed by atoms with Gasteiger partial charge in [0.1, 0.15) is 0 Å². The van der Waals surface area contributed by atoms with Crippen molar-refractivity contribution in [3.63, 3.8) is 0 Å². The topological polar surface area (TPSA) is 46.9 Å². The molecule has 18 heavy (non-hydrogen) atoms. The molecule has 0 radical (unpaired) electrons. The van der Waals surface area contributed by atoms with Crippen LogP contribution in [0.25, 0.3) is 0 Å². The van der Waals surface area contributed by atoms with Crippen LogP contribution in [0, 0.1) is 0 Å². The molecule has 0 aliphatic rings. The van der Waals surface area contributed by atoms with E-state index in [0.29, 0.717) is 17.3 Å². The maximum Gasteiger partial charge on any atom is 0.256 e. The van der Waals surface area contributed by atoms with Gasteiger partial charge in [-0.25, -0.2) is 0 Å². The van der Waals surface area contributed by atoms with Crippen LogP contribution in [0.2, 0.25) is 0 Å². The van der Waals surface area contributed by atoms with Crippen molar-refractivity contribution in [2.24, 2.45) is 7.05 Å². The Morgan fingerprint density at radius 2 is 1.89 bits per heavy atom. The zero-order valence-electron chi connectivity index (χ0n) is 10.8. The van der Waals surface area contributed by atoms with Gasteiger partial charge >= 0.3 is 0 Å². The molecule has 0 aliphatic heterocycles. The molecular weight excluding hydrogens is 226 g/mol. The van der Waals surface area contributed by atoms with Gasteiger partial charge in [-0.3, -0.25) is 9.48 Å². The Kier molecular flexibility index (Phi) is 3.46. The van der Waals surface area contributed by atoms with E-state index in [0.717, 1.165) is 0 Å². The van der Waals surface area contributed by atoms with Crippen LogP contribution in [-0.4, -0.2) is 15.7 Å². The molecule has 1 heterocycles. The lowest BCUT2D eigenvalue weighted by atomic mass is 10.0. The first-order valence-electron chi connectivity index (χ1n) is 5.97. The maximum absolute atomic E-state index is 11.9. The average Bonchev–Trinajstić information content (AvgIpc) is 2.75. The number of rotatable bonds is 3. The lowest BCUT2D eigenvalue weighted by Crippen LogP contribution is -2.12. The second-order valence-electron chi connectivity index (χ2n) is 4.61. The molecule has 0 aliphatic carbocycles. The van der Waals surface area contributed by atoms with Crippen LogP contribution in [-0.2, 0) is 7.05 Å². The van der Waals surface area contributed by atoms with Crippen molar-refractivity contribution in [3.8, 4) is 0 Å². The normalized spacial score (nSPS) is 10.7. The van der Waals surface area contributed by atoms with Crippen molar-refractivity contribution < 1.29 is 4.79 Å². The molecule has 0 atom stereocenters. The van der Waals surface area contributed by atoms with Gasteiger partial charge < -0.3 is 5.32 Å². The minimum atomic E-state index is -0.135. The Balaban J connectivity index is 2.09. The third kappa shape index (κ3) is 2.77. The Bertz CT molecular complexity index is 540. The third-order valence-corrected chi connectivity index (χ3v) is 2.79. The van der Waals surface area contributed by atoms with Crippen molar-refractivity contribution in [1.29, 1.82) is 0 Å². The molecule has 1 aromatic heterocycles. The maximum atomic E-state index is 11.9. The van der Waals surface area contributed by atoms with Crippen LogP contribution in [0.1, 0.15) is 35.7 Å². The molecule has 4 nitrogen and oxygen atoms in total. The van der Waals surface area contributed by atoms with Gasteiger partial charge in [-0.1, -0.05) is 26.0 Å². The van der Waals surface area contributed by atoms with Crippen LogP contribution >= 0.6 is 0 Å². The summed E-state index contributed by atoms with van der Waals surface area (Å²) in [6, 6.07) is 9.41. The van der Waals surface area contributed by atoms with Crippen molar-refractivity contribution in [2.75, 3.05) is 5.32 Å². The van der Waals surface area contributed by atoms with E-state index in [1.165, 1.54) is 5.56 Å². The number of hydrogen-bond acceptors (Lipinski definition) is 2. The van der Waals surface area contributed by atoms with Gasteiger partial charge in [0.05, 0.1) is 0 Å². The lowest BCUT2D eigenvalue weighted by molar-refractivity contribution is 0.102. The number of amides is 1. The summed E-state index contributed by atoms with van der Waals surface area (Å²) in [5, 5.41) is 6.86. The number of hydrogen-bond donors (Lipinski definition) is 1. The summed E-state index contributed by atoms with van der Waals surface area (Å²) in [5.41, 5.74) is 1.87. The highest BCUT2D eigenvalue weighted by molar-refractivity contribution is 6.03. The molecule has 1 N–H and O–H groups in total. The Morgan fingerprint density at radius 1 is 1.22 bits per heavy atom. The average molecular weight is 243 g/mol. The zero-order valence-corrected chi connectivity index (χ0v) is 10.8.